The normalized spacial score (nSPS) is 11.6. The first-order chi connectivity index (χ1) is 14.0. The van der Waals surface area contributed by atoms with E-state index in [-0.39, 0.29) is 23.0 Å². The minimum absolute atomic E-state index is 0.246. The second-order valence-electron chi connectivity index (χ2n) is 6.41. The van der Waals surface area contributed by atoms with Crippen molar-refractivity contribution in [1.82, 2.24) is 10.6 Å². The SMILES string of the molecule is CCCCOc1c(Cl)cc(C(=O)NC(C)C(=O)NCc2ccco2)cc1OCC. The van der Waals surface area contributed by atoms with Crippen molar-refractivity contribution in [3.63, 3.8) is 0 Å². The van der Waals surface area contributed by atoms with Crippen LogP contribution in [-0.2, 0) is 11.3 Å². The van der Waals surface area contributed by atoms with Gasteiger partial charge in [-0.1, -0.05) is 24.9 Å². The maximum absolute atomic E-state index is 12.6. The van der Waals surface area contributed by atoms with Crippen molar-refractivity contribution in [1.29, 1.82) is 0 Å². The Morgan fingerprint density at radius 1 is 1.24 bits per heavy atom. The maximum Gasteiger partial charge on any atom is 0.252 e. The van der Waals surface area contributed by atoms with E-state index in [1.54, 1.807) is 25.1 Å². The zero-order chi connectivity index (χ0) is 21.2. The van der Waals surface area contributed by atoms with E-state index in [1.807, 2.05) is 6.92 Å². The summed E-state index contributed by atoms with van der Waals surface area (Å²) in [6.07, 6.45) is 3.40. The Labute approximate surface area is 175 Å². The number of benzene rings is 1. The molecule has 0 radical (unpaired) electrons. The molecule has 1 heterocycles. The Morgan fingerprint density at radius 3 is 2.69 bits per heavy atom. The standard InChI is InChI=1S/C21H27ClN2O5/c1-4-6-9-29-19-17(22)11-15(12-18(19)27-5-2)21(26)24-14(3)20(25)23-13-16-8-7-10-28-16/h7-8,10-12,14H,4-6,9,13H2,1-3H3,(H,23,25)(H,24,26). The van der Waals surface area contributed by atoms with Crippen molar-refractivity contribution in [2.45, 2.75) is 46.2 Å². The molecule has 2 rings (SSSR count). The van der Waals surface area contributed by atoms with E-state index in [1.165, 1.54) is 12.3 Å². The van der Waals surface area contributed by atoms with Crippen LogP contribution in [0.1, 0.15) is 49.7 Å². The monoisotopic (exact) mass is 422 g/mol. The number of nitrogens with one attached hydrogen (secondary N) is 2. The molecule has 0 saturated heterocycles. The average Bonchev–Trinajstić information content (AvgIpc) is 3.21. The number of carbonyl (C=O) groups is 2. The van der Waals surface area contributed by atoms with Gasteiger partial charge in [-0.2, -0.15) is 0 Å². The molecular formula is C21H27ClN2O5. The molecule has 0 bridgehead atoms. The number of amides is 2. The van der Waals surface area contributed by atoms with E-state index in [9.17, 15) is 9.59 Å². The lowest BCUT2D eigenvalue weighted by Gasteiger charge is -2.17. The molecule has 0 saturated carbocycles. The molecular weight excluding hydrogens is 396 g/mol. The van der Waals surface area contributed by atoms with Gasteiger partial charge in [0, 0.05) is 5.56 Å². The number of ether oxygens (including phenoxy) is 2. The highest BCUT2D eigenvalue weighted by Gasteiger charge is 2.20. The molecule has 29 heavy (non-hydrogen) atoms. The first kappa shape index (κ1) is 22.6. The van der Waals surface area contributed by atoms with Gasteiger partial charge in [0.1, 0.15) is 11.8 Å². The summed E-state index contributed by atoms with van der Waals surface area (Å²) >= 11 is 6.32. The summed E-state index contributed by atoms with van der Waals surface area (Å²) in [4.78, 5) is 24.8. The number of carbonyl (C=O) groups excluding carboxylic acids is 2. The summed E-state index contributed by atoms with van der Waals surface area (Å²) < 4.78 is 16.5. The van der Waals surface area contributed by atoms with Crippen molar-refractivity contribution >= 4 is 23.4 Å². The second-order valence-corrected chi connectivity index (χ2v) is 6.82. The summed E-state index contributed by atoms with van der Waals surface area (Å²) in [7, 11) is 0. The number of hydrogen-bond acceptors (Lipinski definition) is 5. The maximum atomic E-state index is 12.6. The summed E-state index contributed by atoms with van der Waals surface area (Å²) in [5, 5.41) is 5.65. The average molecular weight is 423 g/mol. The van der Waals surface area contributed by atoms with Gasteiger partial charge in [-0.15, -0.1) is 0 Å². The van der Waals surface area contributed by atoms with Gasteiger partial charge in [0.15, 0.2) is 11.5 Å². The third-order valence-electron chi connectivity index (χ3n) is 4.07. The molecule has 0 aliphatic carbocycles. The third-order valence-corrected chi connectivity index (χ3v) is 4.35. The van der Waals surface area contributed by atoms with Crippen LogP contribution in [0.25, 0.3) is 0 Å². The van der Waals surface area contributed by atoms with Gasteiger partial charge in [0.25, 0.3) is 5.91 Å². The fourth-order valence-corrected chi connectivity index (χ4v) is 2.77. The Balaban J connectivity index is 2.03. The largest absolute Gasteiger partial charge is 0.490 e. The lowest BCUT2D eigenvalue weighted by Crippen LogP contribution is -2.44. The van der Waals surface area contributed by atoms with Crippen LogP contribution >= 0.6 is 11.6 Å². The first-order valence-electron chi connectivity index (χ1n) is 9.66. The van der Waals surface area contributed by atoms with Gasteiger partial charge < -0.3 is 24.5 Å². The number of furan rings is 1. The third kappa shape index (κ3) is 6.71. The molecule has 7 nitrogen and oxygen atoms in total. The summed E-state index contributed by atoms with van der Waals surface area (Å²) in [5.74, 6) is 0.682. The first-order valence-corrected chi connectivity index (χ1v) is 10.0. The number of hydrogen-bond donors (Lipinski definition) is 2. The Morgan fingerprint density at radius 2 is 2.03 bits per heavy atom. The Kier molecular flexibility index (Phi) is 8.86. The van der Waals surface area contributed by atoms with Crippen LogP contribution in [0.2, 0.25) is 5.02 Å². The highest BCUT2D eigenvalue weighted by atomic mass is 35.5. The van der Waals surface area contributed by atoms with Gasteiger partial charge in [-0.25, -0.2) is 0 Å². The van der Waals surface area contributed by atoms with Gasteiger partial charge in [0.2, 0.25) is 5.91 Å². The van der Waals surface area contributed by atoms with Crippen molar-refractivity contribution in [2.75, 3.05) is 13.2 Å². The lowest BCUT2D eigenvalue weighted by atomic mass is 10.1. The van der Waals surface area contributed by atoms with Crippen LogP contribution in [0.4, 0.5) is 0 Å². The molecule has 1 aromatic carbocycles. The summed E-state index contributed by atoms with van der Waals surface area (Å²) in [5.41, 5.74) is 0.284. The second kappa shape index (κ2) is 11.4. The van der Waals surface area contributed by atoms with Crippen LogP contribution in [0.15, 0.2) is 34.9 Å². The highest BCUT2D eigenvalue weighted by molar-refractivity contribution is 6.32. The molecule has 0 aliphatic heterocycles. The van der Waals surface area contributed by atoms with Gasteiger partial charge in [0.05, 0.1) is 31.0 Å². The molecule has 0 spiro atoms. The van der Waals surface area contributed by atoms with Crippen LogP contribution in [0, 0.1) is 0 Å². The predicted octanol–water partition coefficient (Wildman–Crippen LogP) is 3.95. The highest BCUT2D eigenvalue weighted by Crippen LogP contribution is 2.37. The fraction of sp³-hybridized carbons (Fsp3) is 0.429. The molecule has 0 fully saturated rings. The molecule has 158 valence electrons. The molecule has 2 aromatic rings. The van der Waals surface area contributed by atoms with Crippen molar-refractivity contribution in [3.8, 4) is 11.5 Å². The lowest BCUT2D eigenvalue weighted by molar-refractivity contribution is -0.122. The number of halogens is 1. The quantitative estimate of drug-likeness (QED) is 0.535. The molecule has 1 unspecified atom stereocenters. The Bertz CT molecular complexity index is 808. The molecule has 0 aliphatic rings. The predicted molar refractivity (Wildman–Crippen MR) is 111 cm³/mol. The number of rotatable bonds is 11. The van der Waals surface area contributed by atoms with E-state index in [0.29, 0.717) is 30.5 Å². The summed E-state index contributed by atoms with van der Waals surface area (Å²) in [6, 6.07) is 5.83. The Hall–Kier alpha value is -2.67. The van der Waals surface area contributed by atoms with Gasteiger partial charge >= 0.3 is 0 Å². The zero-order valence-electron chi connectivity index (χ0n) is 16.9. The van der Waals surface area contributed by atoms with Crippen LogP contribution in [-0.4, -0.2) is 31.1 Å². The van der Waals surface area contributed by atoms with E-state index < -0.39 is 11.9 Å². The van der Waals surface area contributed by atoms with Gasteiger partial charge in [-0.05, 0) is 44.5 Å². The minimum atomic E-state index is -0.743. The van der Waals surface area contributed by atoms with E-state index in [0.717, 1.165) is 12.8 Å². The van der Waals surface area contributed by atoms with Crippen LogP contribution in [0.5, 0.6) is 11.5 Å². The van der Waals surface area contributed by atoms with Crippen molar-refractivity contribution in [2.24, 2.45) is 0 Å². The minimum Gasteiger partial charge on any atom is -0.490 e. The van der Waals surface area contributed by atoms with Crippen LogP contribution in [0.3, 0.4) is 0 Å². The van der Waals surface area contributed by atoms with E-state index in [2.05, 4.69) is 17.6 Å². The summed E-state index contributed by atoms with van der Waals surface area (Å²) in [6.45, 7) is 6.65. The van der Waals surface area contributed by atoms with Crippen molar-refractivity contribution in [3.05, 3.63) is 46.9 Å². The van der Waals surface area contributed by atoms with Crippen LogP contribution < -0.4 is 20.1 Å². The van der Waals surface area contributed by atoms with E-state index >= 15 is 0 Å². The molecule has 2 N–H and O–H groups in total. The topological polar surface area (TPSA) is 89.8 Å². The molecule has 8 heteroatoms. The van der Waals surface area contributed by atoms with E-state index in [4.69, 9.17) is 25.5 Å². The van der Waals surface area contributed by atoms with Crippen molar-refractivity contribution < 1.29 is 23.5 Å². The smallest absolute Gasteiger partial charge is 0.252 e. The molecule has 2 amide bonds. The van der Waals surface area contributed by atoms with Gasteiger partial charge in [-0.3, -0.25) is 9.59 Å². The fourth-order valence-electron chi connectivity index (χ4n) is 2.51. The number of unbranched alkanes of at least 4 members (excludes halogenated alkanes) is 1. The zero-order valence-corrected chi connectivity index (χ0v) is 17.7. The molecule has 1 aromatic heterocycles. The molecule has 1 atom stereocenters.